The standard InChI is InChI=1S/C31H29ClN4O/c1-21(33)29-27-17-12-24(20-28(27)36(19-18-34-29)26-15-13-25(32)14-16-26)31(37)35-30(22-8-4-2-5-9-22)23-10-6-3-7-11-23/h2-17,20,30,34H,18-19,33H2,1H3,(H,35,37)/b29-21-. The van der Waals surface area contributed by atoms with Crippen LogP contribution in [0.3, 0.4) is 0 Å². The van der Waals surface area contributed by atoms with Gasteiger partial charge in [-0.1, -0.05) is 72.3 Å². The van der Waals surface area contributed by atoms with Crippen molar-refractivity contribution in [3.8, 4) is 0 Å². The van der Waals surface area contributed by atoms with E-state index >= 15 is 0 Å². The highest BCUT2D eigenvalue weighted by Crippen LogP contribution is 2.35. The fourth-order valence-corrected chi connectivity index (χ4v) is 4.85. The molecule has 4 aromatic carbocycles. The van der Waals surface area contributed by atoms with Crippen LogP contribution in [-0.4, -0.2) is 19.0 Å². The Morgan fingerprint density at radius 2 is 1.54 bits per heavy atom. The van der Waals surface area contributed by atoms with Crippen molar-refractivity contribution in [3.63, 3.8) is 0 Å². The number of nitrogens with zero attached hydrogens (tertiary/aromatic N) is 1. The SMILES string of the molecule is C/C(N)=C1/NCCN(c2ccc(Cl)cc2)c2cc(C(=O)NC(c3ccccc3)c3ccccc3)ccc21. The fourth-order valence-electron chi connectivity index (χ4n) is 4.72. The number of rotatable bonds is 5. The minimum Gasteiger partial charge on any atom is -0.401 e. The van der Waals surface area contributed by atoms with E-state index in [1.165, 1.54) is 0 Å². The minimum absolute atomic E-state index is 0.149. The summed E-state index contributed by atoms with van der Waals surface area (Å²) in [6.45, 7) is 3.29. The Morgan fingerprint density at radius 3 is 2.14 bits per heavy atom. The maximum atomic E-state index is 13.7. The number of anilines is 2. The Bertz CT molecular complexity index is 1380. The molecule has 0 atom stereocenters. The van der Waals surface area contributed by atoms with E-state index in [9.17, 15) is 4.79 Å². The van der Waals surface area contributed by atoms with E-state index in [1.807, 2.05) is 110 Å². The molecule has 0 aromatic heterocycles. The van der Waals surface area contributed by atoms with E-state index in [2.05, 4.69) is 15.5 Å². The topological polar surface area (TPSA) is 70.4 Å². The highest BCUT2D eigenvalue weighted by Gasteiger charge is 2.24. The third kappa shape index (κ3) is 5.32. The van der Waals surface area contributed by atoms with Crippen LogP contribution < -0.4 is 21.3 Å². The number of allylic oxidation sites excluding steroid dienone is 1. The van der Waals surface area contributed by atoms with E-state index in [0.717, 1.165) is 33.8 Å². The largest absolute Gasteiger partial charge is 0.401 e. The van der Waals surface area contributed by atoms with E-state index < -0.39 is 0 Å². The van der Waals surface area contributed by atoms with Gasteiger partial charge in [-0.25, -0.2) is 0 Å². The first-order valence-corrected chi connectivity index (χ1v) is 12.7. The van der Waals surface area contributed by atoms with Crippen LogP contribution in [0.15, 0.2) is 109 Å². The molecule has 37 heavy (non-hydrogen) atoms. The monoisotopic (exact) mass is 508 g/mol. The van der Waals surface area contributed by atoms with Crippen molar-refractivity contribution in [2.24, 2.45) is 5.73 Å². The van der Waals surface area contributed by atoms with Crippen molar-refractivity contribution in [1.82, 2.24) is 10.6 Å². The van der Waals surface area contributed by atoms with Crippen LogP contribution in [0.5, 0.6) is 0 Å². The normalized spacial score (nSPS) is 14.4. The molecule has 0 bridgehead atoms. The van der Waals surface area contributed by atoms with Crippen LogP contribution in [-0.2, 0) is 0 Å². The van der Waals surface area contributed by atoms with Gasteiger partial charge in [0.15, 0.2) is 0 Å². The smallest absolute Gasteiger partial charge is 0.252 e. The van der Waals surface area contributed by atoms with Gasteiger partial charge in [-0.05, 0) is 60.5 Å². The molecule has 0 saturated heterocycles. The summed E-state index contributed by atoms with van der Waals surface area (Å²) in [5.74, 6) is -0.149. The Morgan fingerprint density at radius 1 is 0.919 bits per heavy atom. The van der Waals surface area contributed by atoms with Gasteiger partial charge in [0, 0.05) is 40.6 Å². The van der Waals surface area contributed by atoms with Crippen LogP contribution in [0, 0.1) is 0 Å². The van der Waals surface area contributed by atoms with Crippen molar-refractivity contribution < 1.29 is 4.79 Å². The summed E-state index contributed by atoms with van der Waals surface area (Å²) in [5.41, 5.74) is 13.3. The van der Waals surface area contributed by atoms with Gasteiger partial charge in [-0.2, -0.15) is 0 Å². The average molecular weight is 509 g/mol. The molecule has 5 rings (SSSR count). The fraction of sp³-hybridized carbons (Fsp3) is 0.129. The quantitative estimate of drug-likeness (QED) is 0.298. The van der Waals surface area contributed by atoms with Gasteiger partial charge in [-0.15, -0.1) is 0 Å². The molecule has 0 radical (unpaired) electrons. The highest BCUT2D eigenvalue weighted by atomic mass is 35.5. The zero-order valence-electron chi connectivity index (χ0n) is 20.6. The number of hydrogen-bond acceptors (Lipinski definition) is 4. The lowest BCUT2D eigenvalue weighted by Gasteiger charge is -2.26. The van der Waals surface area contributed by atoms with Crippen LogP contribution >= 0.6 is 11.6 Å². The summed E-state index contributed by atoms with van der Waals surface area (Å²) in [6, 6.07) is 33.3. The number of nitrogens with one attached hydrogen (secondary N) is 2. The van der Waals surface area contributed by atoms with Gasteiger partial charge in [0.05, 0.1) is 17.4 Å². The summed E-state index contributed by atoms with van der Waals surface area (Å²) < 4.78 is 0. The summed E-state index contributed by atoms with van der Waals surface area (Å²) in [7, 11) is 0. The molecular weight excluding hydrogens is 480 g/mol. The first-order valence-electron chi connectivity index (χ1n) is 12.3. The average Bonchev–Trinajstić information content (AvgIpc) is 3.12. The third-order valence-electron chi connectivity index (χ3n) is 6.53. The summed E-state index contributed by atoms with van der Waals surface area (Å²) in [6.07, 6.45) is 0. The lowest BCUT2D eigenvalue weighted by Crippen LogP contribution is -2.29. The maximum Gasteiger partial charge on any atom is 0.252 e. The van der Waals surface area contributed by atoms with E-state index in [-0.39, 0.29) is 11.9 Å². The molecule has 1 heterocycles. The van der Waals surface area contributed by atoms with Gasteiger partial charge in [0.1, 0.15) is 0 Å². The minimum atomic E-state index is -0.274. The predicted molar refractivity (Wildman–Crippen MR) is 152 cm³/mol. The number of fused-ring (bicyclic) bond motifs is 1. The molecule has 5 nitrogen and oxygen atoms in total. The number of amides is 1. The van der Waals surface area contributed by atoms with Crippen molar-refractivity contribution >= 4 is 34.6 Å². The molecule has 0 fully saturated rings. The van der Waals surface area contributed by atoms with E-state index in [1.54, 1.807) is 0 Å². The second kappa shape index (κ2) is 10.8. The second-order valence-corrected chi connectivity index (χ2v) is 9.51. The number of hydrogen-bond donors (Lipinski definition) is 3. The van der Waals surface area contributed by atoms with Crippen LogP contribution in [0.25, 0.3) is 5.70 Å². The van der Waals surface area contributed by atoms with Crippen LogP contribution in [0.1, 0.15) is 40.0 Å². The molecule has 6 heteroatoms. The molecule has 0 saturated carbocycles. The third-order valence-corrected chi connectivity index (χ3v) is 6.78. The first kappa shape index (κ1) is 24.5. The van der Waals surface area contributed by atoms with Gasteiger partial charge in [-0.3, -0.25) is 4.79 Å². The summed E-state index contributed by atoms with van der Waals surface area (Å²) in [5, 5.41) is 7.39. The number of carbonyl (C=O) groups is 1. The zero-order chi connectivity index (χ0) is 25.8. The van der Waals surface area contributed by atoms with Crippen LogP contribution in [0.2, 0.25) is 5.02 Å². The molecule has 186 valence electrons. The zero-order valence-corrected chi connectivity index (χ0v) is 21.4. The molecule has 0 unspecified atom stereocenters. The molecular formula is C31H29ClN4O. The lowest BCUT2D eigenvalue weighted by molar-refractivity contribution is 0.0943. The van der Waals surface area contributed by atoms with Crippen molar-refractivity contribution in [3.05, 3.63) is 136 Å². The Hall–Kier alpha value is -4.22. The molecule has 0 spiro atoms. The number of nitrogens with two attached hydrogens (primary N) is 1. The summed E-state index contributed by atoms with van der Waals surface area (Å²) >= 11 is 6.16. The first-order chi connectivity index (χ1) is 18.0. The second-order valence-electron chi connectivity index (χ2n) is 9.07. The predicted octanol–water partition coefficient (Wildman–Crippen LogP) is 6.25. The number of carbonyl (C=O) groups excluding carboxylic acids is 1. The van der Waals surface area contributed by atoms with Crippen molar-refractivity contribution in [1.29, 1.82) is 0 Å². The van der Waals surface area contributed by atoms with Crippen LogP contribution in [0.4, 0.5) is 11.4 Å². The Balaban J connectivity index is 1.55. The van der Waals surface area contributed by atoms with Crippen molar-refractivity contribution in [2.75, 3.05) is 18.0 Å². The van der Waals surface area contributed by atoms with Gasteiger partial charge < -0.3 is 21.3 Å². The van der Waals surface area contributed by atoms with Crippen molar-refractivity contribution in [2.45, 2.75) is 13.0 Å². The van der Waals surface area contributed by atoms with Gasteiger partial charge >= 0.3 is 0 Å². The van der Waals surface area contributed by atoms with E-state index in [4.69, 9.17) is 17.3 Å². The Kier molecular flexibility index (Phi) is 7.15. The summed E-state index contributed by atoms with van der Waals surface area (Å²) in [4.78, 5) is 15.9. The highest BCUT2D eigenvalue weighted by molar-refractivity contribution is 6.30. The Labute approximate surface area is 222 Å². The van der Waals surface area contributed by atoms with E-state index in [0.29, 0.717) is 29.4 Å². The molecule has 1 aliphatic rings. The maximum absolute atomic E-state index is 13.7. The molecule has 0 aliphatic carbocycles. The number of benzene rings is 4. The molecule has 4 aromatic rings. The molecule has 1 amide bonds. The van der Waals surface area contributed by atoms with Gasteiger partial charge in [0.2, 0.25) is 0 Å². The number of halogens is 1. The molecule has 1 aliphatic heterocycles. The lowest BCUT2D eigenvalue weighted by atomic mass is 9.98. The van der Waals surface area contributed by atoms with Gasteiger partial charge in [0.25, 0.3) is 5.91 Å². The molecule has 4 N–H and O–H groups in total.